The summed E-state index contributed by atoms with van der Waals surface area (Å²) in [4.78, 5) is 11.9. The highest BCUT2D eigenvalue weighted by molar-refractivity contribution is 6.04. The van der Waals surface area contributed by atoms with Crippen LogP contribution in [0.2, 0.25) is 0 Å². The summed E-state index contributed by atoms with van der Waals surface area (Å²) in [6.45, 7) is 0.534. The molecule has 1 amide bonds. The van der Waals surface area contributed by atoms with Gasteiger partial charge < -0.3 is 11.1 Å². The van der Waals surface area contributed by atoms with Gasteiger partial charge in [0.2, 0.25) is 0 Å². The summed E-state index contributed by atoms with van der Waals surface area (Å²) in [7, 11) is 0. The summed E-state index contributed by atoms with van der Waals surface area (Å²) in [5.41, 5.74) is 6.81. The molecule has 104 valence electrons. The molecule has 0 aliphatic rings. The van der Waals surface area contributed by atoms with Crippen LogP contribution in [0.3, 0.4) is 0 Å². The first kappa shape index (κ1) is 14.1. The predicted molar refractivity (Wildman–Crippen MR) is 73.5 cm³/mol. The van der Waals surface area contributed by atoms with Gasteiger partial charge in [0.05, 0.1) is 5.69 Å². The Balaban J connectivity index is 2.11. The highest BCUT2D eigenvalue weighted by Gasteiger charge is 2.09. The third-order valence-electron chi connectivity index (χ3n) is 2.83. The van der Waals surface area contributed by atoms with Crippen molar-refractivity contribution in [2.75, 3.05) is 11.9 Å². The van der Waals surface area contributed by atoms with Gasteiger partial charge in [0, 0.05) is 11.6 Å². The van der Waals surface area contributed by atoms with E-state index < -0.39 is 17.5 Å². The minimum absolute atomic E-state index is 0.0533. The number of benzene rings is 2. The standard InChI is InChI=1S/C15H14F2N2O/c16-12-5-6-14(13(17)9-12)19-15(20)11-3-1-10(2-4-11)7-8-18/h1-6,9H,7-8,18H2,(H,19,20). The van der Waals surface area contributed by atoms with Gasteiger partial charge in [0.1, 0.15) is 11.6 Å². The van der Waals surface area contributed by atoms with E-state index in [1.54, 1.807) is 24.3 Å². The molecule has 2 aromatic rings. The second kappa shape index (κ2) is 6.25. The van der Waals surface area contributed by atoms with Crippen molar-refractivity contribution in [1.82, 2.24) is 0 Å². The van der Waals surface area contributed by atoms with Crippen molar-refractivity contribution in [3.8, 4) is 0 Å². The second-order valence-electron chi connectivity index (χ2n) is 4.31. The monoisotopic (exact) mass is 276 g/mol. The number of amides is 1. The number of nitrogens with one attached hydrogen (secondary N) is 1. The number of carbonyl (C=O) groups is 1. The largest absolute Gasteiger partial charge is 0.330 e. The minimum atomic E-state index is -0.807. The number of hydrogen-bond donors (Lipinski definition) is 2. The van der Waals surface area contributed by atoms with Gasteiger partial charge in [-0.15, -0.1) is 0 Å². The lowest BCUT2D eigenvalue weighted by Gasteiger charge is -2.07. The minimum Gasteiger partial charge on any atom is -0.330 e. The molecule has 0 spiro atoms. The van der Waals surface area contributed by atoms with Gasteiger partial charge >= 0.3 is 0 Å². The van der Waals surface area contributed by atoms with Crippen molar-refractivity contribution in [2.45, 2.75) is 6.42 Å². The van der Waals surface area contributed by atoms with Crippen LogP contribution in [-0.4, -0.2) is 12.5 Å². The Morgan fingerprint density at radius 1 is 1.10 bits per heavy atom. The van der Waals surface area contributed by atoms with Crippen molar-refractivity contribution >= 4 is 11.6 Å². The third-order valence-corrected chi connectivity index (χ3v) is 2.83. The fourth-order valence-electron chi connectivity index (χ4n) is 1.77. The molecule has 0 unspecified atom stereocenters. The Morgan fingerprint density at radius 3 is 2.40 bits per heavy atom. The van der Waals surface area contributed by atoms with Crippen LogP contribution in [0.15, 0.2) is 42.5 Å². The molecule has 20 heavy (non-hydrogen) atoms. The van der Waals surface area contributed by atoms with Gasteiger partial charge in [-0.2, -0.15) is 0 Å². The van der Waals surface area contributed by atoms with Crippen molar-refractivity contribution in [3.63, 3.8) is 0 Å². The lowest BCUT2D eigenvalue weighted by atomic mass is 10.1. The Morgan fingerprint density at radius 2 is 1.80 bits per heavy atom. The van der Waals surface area contributed by atoms with Crippen LogP contribution in [0.1, 0.15) is 15.9 Å². The number of halogens is 2. The van der Waals surface area contributed by atoms with Gasteiger partial charge in [-0.3, -0.25) is 4.79 Å². The molecular weight excluding hydrogens is 262 g/mol. The van der Waals surface area contributed by atoms with Gasteiger partial charge in [-0.05, 0) is 42.8 Å². The predicted octanol–water partition coefficient (Wildman–Crippen LogP) is 2.72. The van der Waals surface area contributed by atoms with Crippen LogP contribution in [0, 0.1) is 11.6 Å². The van der Waals surface area contributed by atoms with Crippen molar-refractivity contribution in [3.05, 3.63) is 65.2 Å². The van der Waals surface area contributed by atoms with Gasteiger partial charge in [0.15, 0.2) is 0 Å². The molecule has 5 heteroatoms. The number of rotatable bonds is 4. The number of carbonyl (C=O) groups excluding carboxylic acids is 1. The summed E-state index contributed by atoms with van der Waals surface area (Å²) < 4.78 is 26.2. The molecule has 2 aromatic carbocycles. The molecule has 0 heterocycles. The first-order valence-electron chi connectivity index (χ1n) is 6.15. The maximum atomic E-state index is 13.4. The van der Waals surface area contributed by atoms with E-state index >= 15 is 0 Å². The Kier molecular flexibility index (Phi) is 4.42. The fraction of sp³-hybridized carbons (Fsp3) is 0.133. The number of nitrogens with two attached hydrogens (primary N) is 1. The van der Waals surface area contributed by atoms with Crippen LogP contribution in [-0.2, 0) is 6.42 Å². The van der Waals surface area contributed by atoms with Crippen LogP contribution in [0.25, 0.3) is 0 Å². The molecule has 3 N–H and O–H groups in total. The molecular formula is C15H14F2N2O. The lowest BCUT2D eigenvalue weighted by Crippen LogP contribution is -2.13. The Hall–Kier alpha value is -2.27. The summed E-state index contributed by atoms with van der Waals surface area (Å²) in [5, 5.41) is 2.40. The zero-order valence-electron chi connectivity index (χ0n) is 10.7. The van der Waals surface area contributed by atoms with E-state index in [1.807, 2.05) is 0 Å². The third kappa shape index (κ3) is 3.39. The molecule has 0 aliphatic heterocycles. The molecule has 0 fully saturated rings. The topological polar surface area (TPSA) is 55.1 Å². The van der Waals surface area contributed by atoms with E-state index in [9.17, 15) is 13.6 Å². The summed E-state index contributed by atoms with van der Waals surface area (Å²) in [6.07, 6.45) is 0.731. The zero-order chi connectivity index (χ0) is 14.5. The molecule has 0 saturated heterocycles. The van der Waals surface area contributed by atoms with Crippen LogP contribution < -0.4 is 11.1 Å². The van der Waals surface area contributed by atoms with Gasteiger partial charge in [-0.1, -0.05) is 12.1 Å². The summed E-state index contributed by atoms with van der Waals surface area (Å²) in [5.74, 6) is -1.94. The molecule has 0 radical (unpaired) electrons. The summed E-state index contributed by atoms with van der Waals surface area (Å²) in [6, 6.07) is 9.86. The van der Waals surface area contributed by atoms with E-state index in [0.29, 0.717) is 12.1 Å². The average molecular weight is 276 g/mol. The molecule has 0 aliphatic carbocycles. The van der Waals surface area contributed by atoms with Gasteiger partial charge in [-0.25, -0.2) is 8.78 Å². The van der Waals surface area contributed by atoms with E-state index in [1.165, 1.54) is 6.07 Å². The van der Waals surface area contributed by atoms with Crippen LogP contribution >= 0.6 is 0 Å². The van der Waals surface area contributed by atoms with Crippen molar-refractivity contribution < 1.29 is 13.6 Å². The van der Waals surface area contributed by atoms with Crippen LogP contribution in [0.4, 0.5) is 14.5 Å². The Bertz CT molecular complexity index is 612. The first-order valence-corrected chi connectivity index (χ1v) is 6.15. The Labute approximate surface area is 115 Å². The maximum absolute atomic E-state index is 13.4. The fourth-order valence-corrected chi connectivity index (χ4v) is 1.77. The molecule has 2 rings (SSSR count). The number of anilines is 1. The van der Waals surface area contributed by atoms with Crippen molar-refractivity contribution in [1.29, 1.82) is 0 Å². The quantitative estimate of drug-likeness (QED) is 0.902. The van der Waals surface area contributed by atoms with E-state index in [2.05, 4.69) is 5.32 Å². The molecule has 0 saturated carbocycles. The lowest BCUT2D eigenvalue weighted by molar-refractivity contribution is 0.102. The molecule has 0 bridgehead atoms. The van der Waals surface area contributed by atoms with Crippen molar-refractivity contribution in [2.24, 2.45) is 5.73 Å². The van der Waals surface area contributed by atoms with E-state index in [0.717, 1.165) is 24.1 Å². The van der Waals surface area contributed by atoms with Gasteiger partial charge in [0.25, 0.3) is 5.91 Å². The van der Waals surface area contributed by atoms with E-state index in [4.69, 9.17) is 5.73 Å². The first-order chi connectivity index (χ1) is 9.60. The highest BCUT2D eigenvalue weighted by Crippen LogP contribution is 2.16. The number of hydrogen-bond acceptors (Lipinski definition) is 2. The molecule has 0 atom stereocenters. The highest BCUT2D eigenvalue weighted by atomic mass is 19.1. The van der Waals surface area contributed by atoms with E-state index in [-0.39, 0.29) is 5.69 Å². The second-order valence-corrected chi connectivity index (χ2v) is 4.31. The SMILES string of the molecule is NCCc1ccc(C(=O)Nc2ccc(F)cc2F)cc1. The maximum Gasteiger partial charge on any atom is 0.255 e. The smallest absolute Gasteiger partial charge is 0.255 e. The normalized spacial score (nSPS) is 10.3. The average Bonchev–Trinajstić information content (AvgIpc) is 2.43. The van der Waals surface area contributed by atoms with Crippen LogP contribution in [0.5, 0.6) is 0 Å². The zero-order valence-corrected chi connectivity index (χ0v) is 10.7. The molecule has 3 nitrogen and oxygen atoms in total. The molecule has 0 aromatic heterocycles. The summed E-state index contributed by atoms with van der Waals surface area (Å²) >= 11 is 0.